The van der Waals surface area contributed by atoms with E-state index < -0.39 is 0 Å². The highest BCUT2D eigenvalue weighted by molar-refractivity contribution is 7.23. The Morgan fingerprint density at radius 2 is 1.84 bits per heavy atom. The molecule has 1 amide bonds. The van der Waals surface area contributed by atoms with E-state index in [4.69, 9.17) is 4.74 Å². The standard InChI is InChI=1S/C24H22FN3O2S/c1-3-28(15-16-7-5-4-6-8-16)19-13-14-20(30-2)21-22(19)31-24(26-21)27-23(29)17-9-11-18(25)12-10-17/h4-14H,3,15H2,1-2H3,(H,26,27,29). The number of hydrogen-bond acceptors (Lipinski definition) is 5. The lowest BCUT2D eigenvalue weighted by molar-refractivity contribution is 0.102. The van der Waals surface area contributed by atoms with Gasteiger partial charge in [0.1, 0.15) is 17.1 Å². The number of halogens is 1. The van der Waals surface area contributed by atoms with Crippen molar-refractivity contribution in [2.45, 2.75) is 13.5 Å². The van der Waals surface area contributed by atoms with Crippen molar-refractivity contribution in [3.63, 3.8) is 0 Å². The number of carbonyl (C=O) groups excluding carboxylic acids is 1. The second-order valence-electron chi connectivity index (χ2n) is 6.94. The maximum absolute atomic E-state index is 13.1. The fourth-order valence-electron chi connectivity index (χ4n) is 3.38. The number of aromatic nitrogens is 1. The SMILES string of the molecule is CCN(Cc1ccccc1)c1ccc(OC)c2nc(NC(=O)c3ccc(F)cc3)sc12. The van der Waals surface area contributed by atoms with Crippen LogP contribution in [0.4, 0.5) is 15.2 Å². The molecule has 0 aliphatic carbocycles. The molecule has 4 rings (SSSR count). The molecule has 0 aliphatic rings. The summed E-state index contributed by atoms with van der Waals surface area (Å²) >= 11 is 1.40. The first-order chi connectivity index (χ1) is 15.1. The highest BCUT2D eigenvalue weighted by Crippen LogP contribution is 2.40. The van der Waals surface area contributed by atoms with Gasteiger partial charge in [0, 0.05) is 18.7 Å². The van der Waals surface area contributed by atoms with Crippen LogP contribution in [0.1, 0.15) is 22.8 Å². The molecule has 7 heteroatoms. The maximum atomic E-state index is 13.1. The minimum absolute atomic E-state index is 0.337. The van der Waals surface area contributed by atoms with Gasteiger partial charge in [0.15, 0.2) is 5.13 Å². The lowest BCUT2D eigenvalue weighted by Crippen LogP contribution is -2.22. The number of methoxy groups -OCH3 is 1. The molecule has 3 aromatic carbocycles. The van der Waals surface area contributed by atoms with Crippen LogP contribution in [-0.4, -0.2) is 24.5 Å². The second-order valence-corrected chi connectivity index (χ2v) is 7.94. The van der Waals surface area contributed by atoms with Crippen molar-refractivity contribution >= 4 is 38.3 Å². The first kappa shape index (κ1) is 20.8. The highest BCUT2D eigenvalue weighted by atomic mass is 32.1. The molecule has 0 fully saturated rings. The van der Waals surface area contributed by atoms with E-state index in [2.05, 4.69) is 34.3 Å². The van der Waals surface area contributed by atoms with Gasteiger partial charge in [-0.15, -0.1) is 0 Å². The summed E-state index contributed by atoms with van der Waals surface area (Å²) in [6.45, 7) is 3.68. The Balaban J connectivity index is 1.68. The van der Waals surface area contributed by atoms with Crippen LogP contribution in [0.15, 0.2) is 66.7 Å². The van der Waals surface area contributed by atoms with Gasteiger partial charge in [-0.1, -0.05) is 41.7 Å². The van der Waals surface area contributed by atoms with E-state index in [-0.39, 0.29) is 11.7 Å². The highest BCUT2D eigenvalue weighted by Gasteiger charge is 2.18. The molecule has 0 unspecified atom stereocenters. The number of nitrogens with one attached hydrogen (secondary N) is 1. The monoisotopic (exact) mass is 435 g/mol. The van der Waals surface area contributed by atoms with E-state index in [0.717, 1.165) is 23.5 Å². The number of fused-ring (bicyclic) bond motifs is 1. The van der Waals surface area contributed by atoms with Gasteiger partial charge in [0.25, 0.3) is 5.91 Å². The summed E-state index contributed by atoms with van der Waals surface area (Å²) in [6, 6.07) is 19.6. The largest absolute Gasteiger partial charge is 0.494 e. The number of thiazole rings is 1. The van der Waals surface area contributed by atoms with Crippen LogP contribution in [0.3, 0.4) is 0 Å². The number of anilines is 2. The van der Waals surface area contributed by atoms with Gasteiger partial charge in [-0.3, -0.25) is 10.1 Å². The summed E-state index contributed by atoms with van der Waals surface area (Å²) in [5.41, 5.74) is 3.31. The Morgan fingerprint density at radius 3 is 2.52 bits per heavy atom. The van der Waals surface area contributed by atoms with Crippen molar-refractivity contribution in [3.05, 3.63) is 83.7 Å². The minimum atomic E-state index is -0.385. The molecular weight excluding hydrogens is 413 g/mol. The number of ether oxygens (including phenoxy) is 1. The average Bonchev–Trinajstić information content (AvgIpc) is 3.21. The zero-order valence-electron chi connectivity index (χ0n) is 17.3. The van der Waals surface area contributed by atoms with Gasteiger partial charge in [0.05, 0.1) is 17.5 Å². The molecule has 1 N–H and O–H groups in total. The molecule has 0 saturated carbocycles. The molecule has 31 heavy (non-hydrogen) atoms. The number of hydrogen-bond donors (Lipinski definition) is 1. The third-order valence-electron chi connectivity index (χ3n) is 4.97. The Labute approximate surface area is 184 Å². The smallest absolute Gasteiger partial charge is 0.257 e. The number of rotatable bonds is 7. The van der Waals surface area contributed by atoms with E-state index >= 15 is 0 Å². The predicted octanol–water partition coefficient (Wildman–Crippen LogP) is 5.72. The molecule has 0 saturated heterocycles. The Morgan fingerprint density at radius 1 is 1.10 bits per heavy atom. The Bertz CT molecular complexity index is 1190. The Hall–Kier alpha value is -3.45. The van der Waals surface area contributed by atoms with Crippen LogP contribution in [-0.2, 0) is 6.54 Å². The van der Waals surface area contributed by atoms with E-state index in [1.54, 1.807) is 7.11 Å². The van der Waals surface area contributed by atoms with Crippen LogP contribution in [0.5, 0.6) is 5.75 Å². The first-order valence-electron chi connectivity index (χ1n) is 9.92. The molecule has 0 bridgehead atoms. The molecule has 0 aliphatic heterocycles. The molecule has 4 aromatic rings. The number of benzene rings is 3. The van der Waals surface area contributed by atoms with Crippen LogP contribution in [0.25, 0.3) is 10.2 Å². The summed E-state index contributed by atoms with van der Waals surface area (Å²) in [6.07, 6.45) is 0. The van der Waals surface area contributed by atoms with Crippen LogP contribution >= 0.6 is 11.3 Å². The van der Waals surface area contributed by atoms with Crippen LogP contribution < -0.4 is 15.0 Å². The number of carbonyl (C=O) groups is 1. The molecule has 5 nitrogen and oxygen atoms in total. The maximum Gasteiger partial charge on any atom is 0.257 e. The first-order valence-corrected chi connectivity index (χ1v) is 10.7. The van der Waals surface area contributed by atoms with Crippen molar-refractivity contribution < 1.29 is 13.9 Å². The van der Waals surface area contributed by atoms with Gasteiger partial charge in [-0.25, -0.2) is 9.37 Å². The molecule has 1 aromatic heterocycles. The van der Waals surface area contributed by atoms with Crippen molar-refractivity contribution in [1.29, 1.82) is 0 Å². The van der Waals surface area contributed by atoms with Crippen molar-refractivity contribution in [2.24, 2.45) is 0 Å². The van der Waals surface area contributed by atoms with Crippen molar-refractivity contribution in [3.8, 4) is 5.75 Å². The zero-order valence-corrected chi connectivity index (χ0v) is 18.1. The van der Waals surface area contributed by atoms with Gasteiger partial charge >= 0.3 is 0 Å². The topological polar surface area (TPSA) is 54.5 Å². The van der Waals surface area contributed by atoms with Crippen molar-refractivity contribution in [2.75, 3.05) is 23.9 Å². The van der Waals surface area contributed by atoms with Gasteiger partial charge in [0.2, 0.25) is 0 Å². The number of amides is 1. The summed E-state index contributed by atoms with van der Waals surface area (Å²) in [4.78, 5) is 19.4. The summed E-state index contributed by atoms with van der Waals surface area (Å²) < 4.78 is 19.6. The van der Waals surface area contributed by atoms with E-state index in [1.165, 1.54) is 41.2 Å². The Kier molecular flexibility index (Phi) is 6.13. The summed E-state index contributed by atoms with van der Waals surface area (Å²) in [7, 11) is 1.60. The van der Waals surface area contributed by atoms with Gasteiger partial charge in [-0.2, -0.15) is 0 Å². The molecule has 158 valence electrons. The zero-order chi connectivity index (χ0) is 21.8. The predicted molar refractivity (Wildman–Crippen MR) is 124 cm³/mol. The second kappa shape index (κ2) is 9.14. The van der Waals surface area contributed by atoms with E-state index in [0.29, 0.717) is 22.0 Å². The lowest BCUT2D eigenvalue weighted by atomic mass is 10.2. The quantitative estimate of drug-likeness (QED) is 0.403. The van der Waals surface area contributed by atoms with Crippen molar-refractivity contribution in [1.82, 2.24) is 4.98 Å². The van der Waals surface area contributed by atoms with E-state index in [1.807, 2.05) is 30.3 Å². The fraction of sp³-hybridized carbons (Fsp3) is 0.167. The molecule has 0 radical (unpaired) electrons. The van der Waals surface area contributed by atoms with Crippen LogP contribution in [0, 0.1) is 5.82 Å². The molecule has 0 atom stereocenters. The third kappa shape index (κ3) is 4.51. The third-order valence-corrected chi connectivity index (χ3v) is 5.96. The molecule has 0 spiro atoms. The van der Waals surface area contributed by atoms with Gasteiger partial charge in [-0.05, 0) is 48.9 Å². The minimum Gasteiger partial charge on any atom is -0.494 e. The molecule has 1 heterocycles. The number of nitrogens with zero attached hydrogens (tertiary/aromatic N) is 2. The fourth-order valence-corrected chi connectivity index (χ4v) is 4.40. The average molecular weight is 436 g/mol. The summed E-state index contributed by atoms with van der Waals surface area (Å²) in [5, 5.41) is 3.29. The van der Waals surface area contributed by atoms with E-state index in [9.17, 15) is 9.18 Å². The van der Waals surface area contributed by atoms with Crippen LogP contribution in [0.2, 0.25) is 0 Å². The molecular formula is C24H22FN3O2S. The lowest BCUT2D eigenvalue weighted by Gasteiger charge is -2.24. The summed E-state index contributed by atoms with van der Waals surface area (Å²) in [5.74, 6) is -0.0757. The normalized spacial score (nSPS) is 10.8. The van der Waals surface area contributed by atoms with Gasteiger partial charge < -0.3 is 9.64 Å².